The molecule has 3 nitrogen and oxygen atoms in total. The van der Waals surface area contributed by atoms with Crippen LogP contribution in [0.25, 0.3) is 0 Å². The van der Waals surface area contributed by atoms with Gasteiger partial charge in [-0.15, -0.1) is 0 Å². The highest BCUT2D eigenvalue weighted by atomic mass is 16.3. The Morgan fingerprint density at radius 1 is 0.230 bits per heavy atom. The Kier molecular flexibility index (Phi) is 40.6. The summed E-state index contributed by atoms with van der Waals surface area (Å²) >= 11 is 0. The quantitative estimate of drug-likeness (QED) is 0.0598. The molecular formula is C119H134O3. The molecule has 5 unspecified atom stereocenters. The molecule has 5 atom stereocenters. The van der Waals surface area contributed by atoms with Crippen LogP contribution in [-0.2, 0) is 23.7 Å². The van der Waals surface area contributed by atoms with Crippen molar-refractivity contribution in [3.63, 3.8) is 0 Å². The van der Waals surface area contributed by atoms with E-state index in [0.717, 1.165) is 43.2 Å². The highest BCUT2D eigenvalue weighted by molar-refractivity contribution is 5.57. The number of aromatic hydroxyl groups is 3. The third-order valence-electron chi connectivity index (χ3n) is 22.9. The molecule has 0 amide bonds. The Morgan fingerprint density at radius 3 is 0.738 bits per heavy atom. The lowest BCUT2D eigenvalue weighted by Crippen LogP contribution is -2.28. The van der Waals surface area contributed by atoms with Gasteiger partial charge in [-0.3, -0.25) is 0 Å². The maximum absolute atomic E-state index is 12.5. The van der Waals surface area contributed by atoms with E-state index in [2.05, 4.69) is 442 Å². The van der Waals surface area contributed by atoms with Crippen LogP contribution in [0.5, 0.6) is 17.2 Å². The summed E-state index contributed by atoms with van der Waals surface area (Å²) in [6.07, 6.45) is 6.36. The molecule has 0 bridgehead atoms. The fraction of sp³-hybridized carbons (Fsp3) is 0.244. The molecule has 0 fully saturated rings. The maximum Gasteiger partial charge on any atom is 0.123 e. The Balaban J connectivity index is 0.000000202. The van der Waals surface area contributed by atoms with Gasteiger partial charge in [-0.25, -0.2) is 0 Å². The zero-order valence-electron chi connectivity index (χ0n) is 74.8. The van der Waals surface area contributed by atoms with E-state index in [1.807, 2.05) is 36.4 Å². The summed E-state index contributed by atoms with van der Waals surface area (Å²) in [5.74, 6) is 4.73. The summed E-state index contributed by atoms with van der Waals surface area (Å²) < 4.78 is 0. The average Bonchev–Trinajstić information content (AvgIpc) is 0.749. The van der Waals surface area contributed by atoms with Crippen molar-refractivity contribution in [2.45, 2.75) is 187 Å². The largest absolute Gasteiger partial charge is 0.508 e. The van der Waals surface area contributed by atoms with Crippen LogP contribution in [0.2, 0.25) is 0 Å². The van der Waals surface area contributed by atoms with Crippen LogP contribution in [0, 0.1) is 0 Å². The molecule has 0 aromatic heterocycles. The summed E-state index contributed by atoms with van der Waals surface area (Å²) in [7, 11) is 0. The highest BCUT2D eigenvalue weighted by Crippen LogP contribution is 2.50. The molecule has 0 aliphatic rings. The van der Waals surface area contributed by atoms with Crippen LogP contribution < -0.4 is 0 Å². The fourth-order valence-electron chi connectivity index (χ4n) is 15.2. The van der Waals surface area contributed by atoms with Crippen LogP contribution in [0.3, 0.4) is 0 Å². The predicted molar refractivity (Wildman–Crippen MR) is 524 cm³/mol. The van der Waals surface area contributed by atoms with Crippen molar-refractivity contribution in [1.82, 2.24) is 0 Å². The van der Waals surface area contributed by atoms with Gasteiger partial charge in [-0.2, -0.15) is 0 Å². The van der Waals surface area contributed by atoms with Crippen molar-refractivity contribution in [3.8, 4) is 17.2 Å². The molecular weight excluding hydrogens is 1480 g/mol. The molecule has 15 rings (SSSR count). The summed E-state index contributed by atoms with van der Waals surface area (Å²) in [6.45, 7) is 29.2. The van der Waals surface area contributed by atoms with E-state index >= 15 is 0 Å². The SMILES string of the molecule is CC(C)(CC(CCc1ccccc1)c1ccccc1)c1ccccc1.CC(C)c1ccccc1.CC(C)c1ccccc1.CC(C)c1ccccc1.CC(C)c1ccccc1.CC(c1ccccc1)c1cc(C(C)c2ccccc2)c(O)c(C(C)(CC(CCc2ccccc2)c2ccccc2)c2ccccc2)c1.Oc1ccccc1.Oc1ccccc1. The van der Waals surface area contributed by atoms with E-state index in [1.165, 1.54) is 78.7 Å². The molecule has 0 spiro atoms. The molecule has 0 saturated heterocycles. The second-order valence-corrected chi connectivity index (χ2v) is 33.8. The van der Waals surface area contributed by atoms with Crippen LogP contribution in [0.1, 0.15) is 246 Å². The molecule has 3 N–H and O–H groups in total. The minimum atomic E-state index is -0.458. The first-order valence-electron chi connectivity index (χ1n) is 44.0. The summed E-state index contributed by atoms with van der Waals surface area (Å²) in [4.78, 5) is 0. The Bertz CT molecular complexity index is 4940. The summed E-state index contributed by atoms with van der Waals surface area (Å²) in [6, 6.07) is 151. The number of phenols is 3. The van der Waals surface area contributed by atoms with E-state index in [0.29, 0.717) is 46.8 Å². The average molecular weight is 1610 g/mol. The van der Waals surface area contributed by atoms with Gasteiger partial charge in [0.1, 0.15) is 17.2 Å². The van der Waals surface area contributed by atoms with E-state index in [9.17, 15) is 5.11 Å². The van der Waals surface area contributed by atoms with E-state index in [1.54, 1.807) is 48.5 Å². The molecule has 0 saturated carbocycles. The van der Waals surface area contributed by atoms with Gasteiger partial charge in [0, 0.05) is 28.4 Å². The second-order valence-electron chi connectivity index (χ2n) is 33.8. The monoisotopic (exact) mass is 1610 g/mol. The first-order valence-corrected chi connectivity index (χ1v) is 44.0. The number of hydrogen-bond acceptors (Lipinski definition) is 3. The standard InChI is InChI=1S/C46H46O.C25H28.4C9H12.2C6H6O/c1-34(37-21-11-5-12-22-37)41-31-43(35(2)38-23-13-6-14-24-38)45(47)44(32-41)46(3,42-27-17-8-18-28-42)33-40(39-25-15-7-16-26-39)30-29-36-19-9-4-10-20-36;1-25(2,24-16-10-5-11-17-24)20-23(22-14-8-4-9-15-22)19-18-21-12-6-3-7-13-21;4*1-8(2)9-6-4-3-5-7-9;2*7-6-4-2-1-3-5-6/h4-28,31-32,34-35,40,47H,29-30,33H2,1-3H3;3-17,23H,18-20H2,1-2H3;4*3-8H,1-2H3;2*1-5,7H. The Labute approximate surface area is 734 Å². The molecule has 122 heavy (non-hydrogen) atoms. The van der Waals surface area contributed by atoms with Gasteiger partial charge in [0.2, 0.25) is 0 Å². The van der Waals surface area contributed by atoms with Crippen molar-refractivity contribution in [2.24, 2.45) is 0 Å². The first kappa shape index (κ1) is 95.2. The van der Waals surface area contributed by atoms with Gasteiger partial charge in [0.15, 0.2) is 0 Å². The third kappa shape index (κ3) is 32.7. The molecule has 0 heterocycles. The van der Waals surface area contributed by atoms with Crippen LogP contribution >= 0.6 is 0 Å². The van der Waals surface area contributed by atoms with E-state index < -0.39 is 5.41 Å². The maximum atomic E-state index is 12.5. The number of hydrogen-bond donors (Lipinski definition) is 3. The third-order valence-corrected chi connectivity index (χ3v) is 22.9. The van der Waals surface area contributed by atoms with Crippen molar-refractivity contribution in [3.05, 3.63) is 520 Å². The lowest BCUT2D eigenvalue weighted by Gasteiger charge is -2.37. The number of rotatable bonds is 23. The van der Waals surface area contributed by atoms with Gasteiger partial charge in [-0.1, -0.05) is 503 Å². The highest BCUT2D eigenvalue weighted by Gasteiger charge is 2.37. The first-order chi connectivity index (χ1) is 59.1. The number of benzene rings is 15. The van der Waals surface area contributed by atoms with Crippen molar-refractivity contribution in [2.75, 3.05) is 0 Å². The lowest BCUT2D eigenvalue weighted by atomic mass is 9.67. The Hall–Kier alpha value is -12.3. The van der Waals surface area contributed by atoms with Crippen LogP contribution in [0.4, 0.5) is 0 Å². The van der Waals surface area contributed by atoms with Gasteiger partial charge in [0.05, 0.1) is 0 Å². The van der Waals surface area contributed by atoms with E-state index in [4.69, 9.17) is 10.2 Å². The molecule has 3 heteroatoms. The van der Waals surface area contributed by atoms with Crippen LogP contribution in [0.15, 0.2) is 437 Å². The molecule has 0 aliphatic carbocycles. The fourth-order valence-corrected chi connectivity index (χ4v) is 15.2. The number of aryl methyl sites for hydroxylation is 2. The molecule has 15 aromatic rings. The zero-order chi connectivity index (χ0) is 87.2. The molecule has 628 valence electrons. The second kappa shape index (κ2) is 52.0. The lowest BCUT2D eigenvalue weighted by molar-refractivity contribution is 0.400. The zero-order valence-corrected chi connectivity index (χ0v) is 74.8. The summed E-state index contributed by atoms with van der Waals surface area (Å²) in [5, 5.41) is 29.8. The van der Waals surface area contributed by atoms with Crippen molar-refractivity contribution >= 4 is 0 Å². The Morgan fingerprint density at radius 2 is 0.467 bits per heavy atom. The smallest absolute Gasteiger partial charge is 0.123 e. The van der Waals surface area contributed by atoms with E-state index in [-0.39, 0.29) is 23.2 Å². The molecule has 0 radical (unpaired) electrons. The van der Waals surface area contributed by atoms with Crippen LogP contribution in [-0.4, -0.2) is 15.3 Å². The molecule has 15 aromatic carbocycles. The summed E-state index contributed by atoms with van der Waals surface area (Å²) in [5.41, 5.74) is 19.3. The van der Waals surface area contributed by atoms with Crippen molar-refractivity contribution < 1.29 is 15.3 Å². The topological polar surface area (TPSA) is 60.7 Å². The molecule has 0 aliphatic heterocycles. The van der Waals surface area contributed by atoms with Gasteiger partial charge in [-0.05, 0) is 176 Å². The van der Waals surface area contributed by atoms with Gasteiger partial charge in [0.25, 0.3) is 0 Å². The number of para-hydroxylation sites is 2. The normalized spacial score (nSPS) is 12.2. The number of phenolic OH excluding ortho intramolecular Hbond substituents is 3. The predicted octanol–water partition coefficient (Wildman–Crippen LogP) is 32.6. The minimum Gasteiger partial charge on any atom is -0.508 e. The minimum absolute atomic E-state index is 0.0286. The van der Waals surface area contributed by atoms with Crippen molar-refractivity contribution in [1.29, 1.82) is 0 Å². The van der Waals surface area contributed by atoms with Gasteiger partial charge >= 0.3 is 0 Å². The van der Waals surface area contributed by atoms with Gasteiger partial charge < -0.3 is 15.3 Å².